The number of rotatable bonds is 5. The normalized spacial score (nSPS) is 10.2. The third-order valence-electron chi connectivity index (χ3n) is 2.09. The van der Waals surface area contributed by atoms with Crippen LogP contribution in [0.25, 0.3) is 0 Å². The van der Waals surface area contributed by atoms with E-state index in [1.165, 1.54) is 0 Å². The molecule has 0 bridgehead atoms. The number of ether oxygens (including phenoxy) is 2. The topological polar surface area (TPSA) is 95.2 Å². The molecule has 0 aliphatic heterocycles. The molecule has 3 N–H and O–H groups in total. The molecule has 0 aliphatic rings. The van der Waals surface area contributed by atoms with E-state index in [2.05, 4.69) is 20.4 Å². The fraction of sp³-hybridized carbons (Fsp3) is 0.182. The van der Waals surface area contributed by atoms with E-state index >= 15 is 0 Å². The number of nitrogens with one attached hydrogen (secondary N) is 1. The van der Waals surface area contributed by atoms with Gasteiger partial charge in [0.15, 0.2) is 5.75 Å². The molecular formula is C11H11Cl2N5O2. The Kier molecular flexibility index (Phi) is 4.78. The molecule has 0 amide bonds. The van der Waals surface area contributed by atoms with E-state index in [-0.39, 0.29) is 18.0 Å². The molecule has 2 aromatic rings. The van der Waals surface area contributed by atoms with Crippen molar-refractivity contribution < 1.29 is 9.47 Å². The summed E-state index contributed by atoms with van der Waals surface area (Å²) >= 11 is 11.9. The zero-order valence-corrected chi connectivity index (χ0v) is 11.9. The first kappa shape index (κ1) is 14.6. The Morgan fingerprint density at radius 3 is 2.65 bits per heavy atom. The summed E-state index contributed by atoms with van der Waals surface area (Å²) < 4.78 is 10.6. The summed E-state index contributed by atoms with van der Waals surface area (Å²) in [5.74, 6) is 5.69. The Morgan fingerprint density at radius 1 is 1.20 bits per heavy atom. The van der Waals surface area contributed by atoms with Crippen LogP contribution in [0, 0.1) is 0 Å². The largest absolute Gasteiger partial charge is 0.464 e. The van der Waals surface area contributed by atoms with E-state index in [0.29, 0.717) is 22.4 Å². The molecule has 1 aromatic heterocycles. The first-order valence-corrected chi connectivity index (χ1v) is 6.36. The Labute approximate surface area is 125 Å². The molecule has 106 valence electrons. The highest BCUT2D eigenvalue weighted by molar-refractivity contribution is 6.34. The van der Waals surface area contributed by atoms with E-state index in [9.17, 15) is 0 Å². The highest BCUT2D eigenvalue weighted by Crippen LogP contribution is 2.31. The number of hydrazine groups is 1. The van der Waals surface area contributed by atoms with Crippen molar-refractivity contribution in [1.82, 2.24) is 15.0 Å². The molecule has 0 aliphatic carbocycles. The molecule has 0 radical (unpaired) electrons. The van der Waals surface area contributed by atoms with Gasteiger partial charge in [0.2, 0.25) is 5.95 Å². The zero-order chi connectivity index (χ0) is 14.5. The van der Waals surface area contributed by atoms with Crippen LogP contribution < -0.4 is 20.7 Å². The van der Waals surface area contributed by atoms with Crippen LogP contribution in [-0.4, -0.2) is 21.6 Å². The van der Waals surface area contributed by atoms with Crippen LogP contribution in [0.2, 0.25) is 10.0 Å². The molecule has 0 saturated heterocycles. The zero-order valence-electron chi connectivity index (χ0n) is 10.4. The highest BCUT2D eigenvalue weighted by atomic mass is 35.5. The number of nitrogens with zero attached hydrogens (tertiary/aromatic N) is 3. The van der Waals surface area contributed by atoms with Crippen molar-refractivity contribution in [1.29, 1.82) is 0 Å². The van der Waals surface area contributed by atoms with Gasteiger partial charge in [-0.2, -0.15) is 9.97 Å². The van der Waals surface area contributed by atoms with Gasteiger partial charge in [0, 0.05) is 11.1 Å². The molecule has 0 atom stereocenters. The molecule has 1 aromatic carbocycles. The molecule has 7 nitrogen and oxygen atoms in total. The molecule has 0 unspecified atom stereocenters. The minimum Gasteiger partial charge on any atom is -0.464 e. The molecule has 1 heterocycles. The third-order valence-corrected chi connectivity index (χ3v) is 2.64. The number of halogens is 2. The van der Waals surface area contributed by atoms with Gasteiger partial charge in [-0.05, 0) is 19.1 Å². The maximum atomic E-state index is 5.99. The summed E-state index contributed by atoms with van der Waals surface area (Å²) in [5, 5.41) is 0.843. The van der Waals surface area contributed by atoms with Gasteiger partial charge in [-0.25, -0.2) is 5.84 Å². The predicted octanol–water partition coefficient (Wildman–Crippen LogP) is 2.66. The first-order valence-electron chi connectivity index (χ1n) is 5.60. The molecule has 9 heteroatoms. The Morgan fingerprint density at radius 2 is 1.95 bits per heavy atom. The quantitative estimate of drug-likeness (QED) is 0.646. The van der Waals surface area contributed by atoms with E-state index < -0.39 is 0 Å². The lowest BCUT2D eigenvalue weighted by molar-refractivity contribution is 0.304. The lowest BCUT2D eigenvalue weighted by Crippen LogP contribution is -2.12. The number of nitrogen functional groups attached to an aromatic ring is 1. The SMILES string of the molecule is CCOc1nc(NN)nc(Oc2cc(Cl)ccc2Cl)n1. The summed E-state index contributed by atoms with van der Waals surface area (Å²) in [6, 6.07) is 4.86. The van der Waals surface area contributed by atoms with Crippen molar-refractivity contribution in [2.45, 2.75) is 6.92 Å². The van der Waals surface area contributed by atoms with E-state index in [0.717, 1.165) is 0 Å². The van der Waals surface area contributed by atoms with Crippen LogP contribution in [0.15, 0.2) is 18.2 Å². The van der Waals surface area contributed by atoms with Crippen LogP contribution in [0.4, 0.5) is 5.95 Å². The van der Waals surface area contributed by atoms with Crippen LogP contribution in [-0.2, 0) is 0 Å². The summed E-state index contributed by atoms with van der Waals surface area (Å²) in [6.45, 7) is 2.19. The van der Waals surface area contributed by atoms with Crippen LogP contribution in [0.1, 0.15) is 6.92 Å². The highest BCUT2D eigenvalue weighted by Gasteiger charge is 2.11. The lowest BCUT2D eigenvalue weighted by Gasteiger charge is -2.08. The van der Waals surface area contributed by atoms with Crippen LogP contribution in [0.5, 0.6) is 17.8 Å². The first-order chi connectivity index (χ1) is 9.62. The summed E-state index contributed by atoms with van der Waals surface area (Å²) in [7, 11) is 0. The number of hydrogen-bond donors (Lipinski definition) is 2. The maximum absolute atomic E-state index is 5.99. The molecule has 0 fully saturated rings. The molecule has 0 spiro atoms. The second kappa shape index (κ2) is 6.56. The lowest BCUT2D eigenvalue weighted by atomic mass is 10.3. The van der Waals surface area contributed by atoms with Gasteiger partial charge in [-0.1, -0.05) is 23.2 Å². The third kappa shape index (κ3) is 3.60. The molecule has 20 heavy (non-hydrogen) atoms. The smallest absolute Gasteiger partial charge is 0.330 e. The average Bonchev–Trinajstić information content (AvgIpc) is 2.43. The van der Waals surface area contributed by atoms with E-state index in [1.807, 2.05) is 0 Å². The summed E-state index contributed by atoms with van der Waals surface area (Å²) in [4.78, 5) is 11.8. The Hall–Kier alpha value is -1.83. The van der Waals surface area contributed by atoms with Gasteiger partial charge >= 0.3 is 12.0 Å². The van der Waals surface area contributed by atoms with Crippen molar-refractivity contribution in [2.24, 2.45) is 5.84 Å². The molecular weight excluding hydrogens is 305 g/mol. The number of anilines is 1. The number of hydrogen-bond acceptors (Lipinski definition) is 7. The van der Waals surface area contributed by atoms with Crippen molar-refractivity contribution in [3.05, 3.63) is 28.2 Å². The van der Waals surface area contributed by atoms with Gasteiger partial charge in [-0.3, -0.25) is 5.43 Å². The monoisotopic (exact) mass is 315 g/mol. The van der Waals surface area contributed by atoms with E-state index in [1.54, 1.807) is 25.1 Å². The van der Waals surface area contributed by atoms with E-state index in [4.69, 9.17) is 38.5 Å². The van der Waals surface area contributed by atoms with Crippen LogP contribution in [0.3, 0.4) is 0 Å². The maximum Gasteiger partial charge on any atom is 0.330 e. The fourth-order valence-electron chi connectivity index (χ4n) is 1.30. The Balaban J connectivity index is 2.32. The predicted molar refractivity (Wildman–Crippen MR) is 75.3 cm³/mol. The number of benzene rings is 1. The van der Waals surface area contributed by atoms with Gasteiger partial charge < -0.3 is 9.47 Å². The van der Waals surface area contributed by atoms with Gasteiger partial charge in [0.05, 0.1) is 11.6 Å². The van der Waals surface area contributed by atoms with Crippen molar-refractivity contribution >= 4 is 29.2 Å². The molecule has 0 saturated carbocycles. The summed E-state index contributed by atoms with van der Waals surface area (Å²) in [6.07, 6.45) is 0. The fourth-order valence-corrected chi connectivity index (χ4v) is 1.61. The molecule has 2 rings (SSSR count). The minimum absolute atomic E-state index is 0.0134. The van der Waals surface area contributed by atoms with Crippen LogP contribution >= 0.6 is 23.2 Å². The van der Waals surface area contributed by atoms with Gasteiger partial charge in [-0.15, -0.1) is 4.98 Å². The van der Waals surface area contributed by atoms with Gasteiger partial charge in [0.25, 0.3) is 0 Å². The van der Waals surface area contributed by atoms with Gasteiger partial charge in [0.1, 0.15) is 0 Å². The Bertz CT molecular complexity index is 611. The van der Waals surface area contributed by atoms with Crippen molar-refractivity contribution in [3.8, 4) is 17.8 Å². The summed E-state index contributed by atoms with van der Waals surface area (Å²) in [5.41, 5.74) is 2.30. The second-order valence-electron chi connectivity index (χ2n) is 3.48. The number of aromatic nitrogens is 3. The van der Waals surface area contributed by atoms with Crippen molar-refractivity contribution in [2.75, 3.05) is 12.0 Å². The minimum atomic E-state index is -0.0134. The standard InChI is InChI=1S/C11H11Cl2N5O2/c1-2-19-10-15-9(18-14)16-11(17-10)20-8-5-6(12)3-4-7(8)13/h3-5H,2,14H2,1H3,(H,15,16,17,18). The second-order valence-corrected chi connectivity index (χ2v) is 4.32. The average molecular weight is 316 g/mol. The number of nitrogens with two attached hydrogens (primary N) is 1. The van der Waals surface area contributed by atoms with Crippen molar-refractivity contribution in [3.63, 3.8) is 0 Å².